The minimum Gasteiger partial charge on any atom is -0.378 e. The largest absolute Gasteiger partial charge is 0.378 e. The van der Waals surface area contributed by atoms with Gasteiger partial charge in [-0.05, 0) is 18.6 Å². The number of hydrogen-bond acceptors (Lipinski definition) is 4. The van der Waals surface area contributed by atoms with Crippen molar-refractivity contribution >= 4 is 34.8 Å². The van der Waals surface area contributed by atoms with Crippen LogP contribution in [0, 0.1) is 0 Å². The number of fused-ring (bicyclic) bond motifs is 1. The molecule has 3 rings (SSSR count). The number of halogens is 1. The van der Waals surface area contributed by atoms with Crippen molar-refractivity contribution in [3.63, 3.8) is 0 Å². The van der Waals surface area contributed by atoms with Crippen LogP contribution in [0.15, 0.2) is 12.1 Å². The molecule has 0 aliphatic carbocycles. The van der Waals surface area contributed by atoms with Crippen LogP contribution in [0.25, 0.3) is 0 Å². The third kappa shape index (κ3) is 2.24. The first-order chi connectivity index (χ1) is 10.0. The molecule has 2 aliphatic heterocycles. The molecule has 2 unspecified atom stereocenters. The number of anilines is 2. The lowest BCUT2D eigenvalue weighted by atomic mass is 10.1. The topological polar surface area (TPSA) is 81.7 Å². The molecule has 112 valence electrons. The SMILES string of the molecule is CCC1C(=O)NCCN1c1cc2c(cc1Cl)C(O)C(=O)N2. The quantitative estimate of drug-likeness (QED) is 0.762. The summed E-state index contributed by atoms with van der Waals surface area (Å²) < 4.78 is 0. The molecule has 0 spiro atoms. The van der Waals surface area contributed by atoms with Crippen LogP contribution in [-0.4, -0.2) is 36.1 Å². The Morgan fingerprint density at radius 2 is 2.14 bits per heavy atom. The Morgan fingerprint density at radius 1 is 1.38 bits per heavy atom. The summed E-state index contributed by atoms with van der Waals surface area (Å²) in [5.41, 5.74) is 1.72. The maximum absolute atomic E-state index is 12.0. The number of rotatable bonds is 2. The number of carbonyl (C=O) groups is 2. The highest BCUT2D eigenvalue weighted by Crippen LogP contribution is 2.39. The second-order valence-corrected chi connectivity index (χ2v) is 5.60. The summed E-state index contributed by atoms with van der Waals surface area (Å²) in [6.07, 6.45) is -0.521. The van der Waals surface area contributed by atoms with Crippen molar-refractivity contribution in [2.24, 2.45) is 0 Å². The average molecular weight is 310 g/mol. The molecule has 3 N–H and O–H groups in total. The standard InChI is InChI=1S/C14H16ClN3O3/c1-2-10-13(20)16-3-4-18(10)11-6-9-7(5-8(11)15)12(19)14(21)17-9/h5-6,10,12,19H,2-4H2,1H3,(H,16,20)(H,17,21). The van der Waals surface area contributed by atoms with Gasteiger partial charge in [0.05, 0.1) is 10.7 Å². The minimum atomic E-state index is -1.18. The molecule has 2 aliphatic rings. The van der Waals surface area contributed by atoms with E-state index in [1.165, 1.54) is 0 Å². The van der Waals surface area contributed by atoms with E-state index in [0.717, 1.165) is 0 Å². The van der Waals surface area contributed by atoms with Crippen molar-refractivity contribution in [2.75, 3.05) is 23.3 Å². The Hall–Kier alpha value is -1.79. The molecule has 0 aromatic heterocycles. The van der Waals surface area contributed by atoms with Gasteiger partial charge in [0.25, 0.3) is 5.91 Å². The van der Waals surface area contributed by atoms with Crippen molar-refractivity contribution in [3.8, 4) is 0 Å². The lowest BCUT2D eigenvalue weighted by Gasteiger charge is -2.37. The number of benzene rings is 1. The maximum atomic E-state index is 12.0. The fraction of sp³-hybridized carbons (Fsp3) is 0.429. The highest BCUT2D eigenvalue weighted by Gasteiger charge is 2.33. The van der Waals surface area contributed by atoms with Gasteiger partial charge < -0.3 is 20.6 Å². The van der Waals surface area contributed by atoms with Crippen LogP contribution in [0.3, 0.4) is 0 Å². The number of carbonyl (C=O) groups excluding carboxylic acids is 2. The molecule has 2 heterocycles. The normalized spacial score (nSPS) is 24.6. The lowest BCUT2D eigenvalue weighted by Crippen LogP contribution is -2.55. The van der Waals surface area contributed by atoms with E-state index >= 15 is 0 Å². The summed E-state index contributed by atoms with van der Waals surface area (Å²) in [4.78, 5) is 25.4. The van der Waals surface area contributed by atoms with E-state index < -0.39 is 12.0 Å². The Labute approximate surface area is 127 Å². The summed E-state index contributed by atoms with van der Waals surface area (Å²) >= 11 is 6.30. The van der Waals surface area contributed by atoms with Gasteiger partial charge in [-0.15, -0.1) is 0 Å². The molecule has 7 heteroatoms. The number of aliphatic hydroxyl groups excluding tert-OH is 1. The predicted molar refractivity (Wildman–Crippen MR) is 79.5 cm³/mol. The van der Waals surface area contributed by atoms with E-state index in [1.54, 1.807) is 12.1 Å². The number of nitrogens with zero attached hydrogens (tertiary/aromatic N) is 1. The fourth-order valence-electron chi connectivity index (χ4n) is 2.88. The number of nitrogens with one attached hydrogen (secondary N) is 2. The number of piperazine rings is 1. The van der Waals surface area contributed by atoms with E-state index in [4.69, 9.17) is 11.6 Å². The molecular weight excluding hydrogens is 294 g/mol. The monoisotopic (exact) mass is 309 g/mol. The Kier molecular flexibility index (Phi) is 3.51. The molecule has 2 amide bonds. The van der Waals surface area contributed by atoms with Gasteiger partial charge in [-0.1, -0.05) is 18.5 Å². The second-order valence-electron chi connectivity index (χ2n) is 5.19. The van der Waals surface area contributed by atoms with E-state index in [-0.39, 0.29) is 11.9 Å². The van der Waals surface area contributed by atoms with Gasteiger partial charge in [0.1, 0.15) is 6.04 Å². The molecule has 2 atom stereocenters. The fourth-order valence-corrected chi connectivity index (χ4v) is 3.16. The smallest absolute Gasteiger partial charge is 0.257 e. The summed E-state index contributed by atoms with van der Waals surface area (Å²) in [6.45, 7) is 3.15. The highest BCUT2D eigenvalue weighted by molar-refractivity contribution is 6.33. The van der Waals surface area contributed by atoms with Crippen molar-refractivity contribution in [1.29, 1.82) is 0 Å². The molecule has 1 saturated heterocycles. The molecular formula is C14H16ClN3O3. The predicted octanol–water partition coefficient (Wildman–Crippen LogP) is 1.04. The zero-order valence-electron chi connectivity index (χ0n) is 11.5. The lowest BCUT2D eigenvalue weighted by molar-refractivity contribution is -0.124. The van der Waals surface area contributed by atoms with E-state index in [0.29, 0.717) is 41.5 Å². The molecule has 1 aromatic rings. The first kappa shape index (κ1) is 14.2. The van der Waals surface area contributed by atoms with Gasteiger partial charge in [0.2, 0.25) is 5.91 Å². The highest BCUT2D eigenvalue weighted by atomic mass is 35.5. The second kappa shape index (κ2) is 5.20. The van der Waals surface area contributed by atoms with E-state index in [1.807, 2.05) is 11.8 Å². The number of aliphatic hydroxyl groups is 1. The van der Waals surface area contributed by atoms with Crippen LogP contribution < -0.4 is 15.5 Å². The van der Waals surface area contributed by atoms with Crippen molar-refractivity contribution in [1.82, 2.24) is 5.32 Å². The van der Waals surface area contributed by atoms with Gasteiger partial charge in [-0.25, -0.2) is 0 Å². The Bertz CT molecular complexity index is 620. The average Bonchev–Trinajstić information content (AvgIpc) is 2.73. The van der Waals surface area contributed by atoms with Crippen LogP contribution in [0.4, 0.5) is 11.4 Å². The van der Waals surface area contributed by atoms with Gasteiger partial charge in [0.15, 0.2) is 6.10 Å². The minimum absolute atomic E-state index is 0.0237. The van der Waals surface area contributed by atoms with Crippen molar-refractivity contribution in [3.05, 3.63) is 22.7 Å². The third-order valence-corrected chi connectivity index (χ3v) is 4.25. The molecule has 6 nitrogen and oxygen atoms in total. The number of hydrogen-bond donors (Lipinski definition) is 3. The molecule has 0 radical (unpaired) electrons. The molecule has 1 aromatic carbocycles. The Balaban J connectivity index is 2.01. The van der Waals surface area contributed by atoms with Gasteiger partial charge in [-0.2, -0.15) is 0 Å². The zero-order valence-corrected chi connectivity index (χ0v) is 12.3. The van der Waals surface area contributed by atoms with Crippen LogP contribution in [0.2, 0.25) is 5.02 Å². The van der Waals surface area contributed by atoms with E-state index in [9.17, 15) is 14.7 Å². The van der Waals surface area contributed by atoms with Crippen molar-refractivity contribution in [2.45, 2.75) is 25.5 Å². The summed E-state index contributed by atoms with van der Waals surface area (Å²) in [5, 5.41) is 15.7. The van der Waals surface area contributed by atoms with Gasteiger partial charge >= 0.3 is 0 Å². The zero-order chi connectivity index (χ0) is 15.1. The molecule has 21 heavy (non-hydrogen) atoms. The van der Waals surface area contributed by atoms with Crippen LogP contribution in [0.1, 0.15) is 25.0 Å². The molecule has 0 bridgehead atoms. The first-order valence-corrected chi connectivity index (χ1v) is 7.27. The van der Waals surface area contributed by atoms with Crippen molar-refractivity contribution < 1.29 is 14.7 Å². The van der Waals surface area contributed by atoms with Gasteiger partial charge in [0, 0.05) is 24.3 Å². The molecule has 1 fully saturated rings. The summed E-state index contributed by atoms with van der Waals surface area (Å²) in [7, 11) is 0. The van der Waals surface area contributed by atoms with Crippen LogP contribution >= 0.6 is 11.6 Å². The van der Waals surface area contributed by atoms with Crippen LogP contribution in [0.5, 0.6) is 0 Å². The number of amides is 2. The third-order valence-electron chi connectivity index (χ3n) is 3.95. The molecule has 0 saturated carbocycles. The van der Waals surface area contributed by atoms with Gasteiger partial charge in [-0.3, -0.25) is 9.59 Å². The summed E-state index contributed by atoms with van der Waals surface area (Å²) in [6, 6.07) is 3.04. The first-order valence-electron chi connectivity index (χ1n) is 6.89. The van der Waals surface area contributed by atoms with E-state index in [2.05, 4.69) is 10.6 Å². The maximum Gasteiger partial charge on any atom is 0.257 e. The summed E-state index contributed by atoms with van der Waals surface area (Å²) in [5.74, 6) is -0.481. The van der Waals surface area contributed by atoms with Crippen LogP contribution in [-0.2, 0) is 9.59 Å². The Morgan fingerprint density at radius 3 is 2.86 bits per heavy atom.